The van der Waals surface area contributed by atoms with Gasteiger partial charge in [-0.25, -0.2) is 0 Å². The van der Waals surface area contributed by atoms with Crippen LogP contribution in [0.3, 0.4) is 0 Å². The molecule has 0 aliphatic carbocycles. The number of nitrogens with zero attached hydrogens (tertiary/aromatic N) is 3. The van der Waals surface area contributed by atoms with Gasteiger partial charge in [0.05, 0.1) is 23.6 Å². The number of imide groups is 1. The molecule has 0 saturated carbocycles. The summed E-state index contributed by atoms with van der Waals surface area (Å²) >= 11 is 0. The van der Waals surface area contributed by atoms with Crippen molar-refractivity contribution < 1.29 is 19.2 Å². The lowest BCUT2D eigenvalue weighted by Gasteiger charge is -2.32. The standard InChI is InChI=1S/C22H21N3O5/c1-30-14-13-24-21(26)19(16-8-10-17(11-9-16)25(28)29)20(22(24)27)23-12-4-6-15-5-2-3-7-18(15)23/h2-3,5,7-11H,4,6,12-14H2,1H3. The number of nitro groups is 1. The Kier molecular flexibility index (Phi) is 5.33. The van der Waals surface area contributed by atoms with Gasteiger partial charge in [-0.3, -0.25) is 24.6 Å². The Labute approximate surface area is 173 Å². The van der Waals surface area contributed by atoms with Crippen LogP contribution in [-0.4, -0.2) is 48.4 Å². The topological polar surface area (TPSA) is 93.0 Å². The summed E-state index contributed by atoms with van der Waals surface area (Å²) in [5, 5.41) is 11.0. The van der Waals surface area contributed by atoms with Gasteiger partial charge in [0.25, 0.3) is 17.5 Å². The molecule has 0 bridgehead atoms. The van der Waals surface area contributed by atoms with Gasteiger partial charge >= 0.3 is 0 Å². The van der Waals surface area contributed by atoms with Gasteiger partial charge in [0.1, 0.15) is 5.70 Å². The largest absolute Gasteiger partial charge is 0.383 e. The first-order valence-electron chi connectivity index (χ1n) is 9.72. The number of benzene rings is 2. The molecule has 0 atom stereocenters. The number of nitro benzene ring substituents is 1. The molecule has 2 amide bonds. The van der Waals surface area contributed by atoms with Gasteiger partial charge in [0, 0.05) is 31.5 Å². The molecule has 30 heavy (non-hydrogen) atoms. The van der Waals surface area contributed by atoms with E-state index in [1.54, 1.807) is 0 Å². The fourth-order valence-electron chi connectivity index (χ4n) is 3.98. The number of para-hydroxylation sites is 1. The highest BCUT2D eigenvalue weighted by Gasteiger charge is 2.42. The van der Waals surface area contributed by atoms with E-state index in [1.165, 1.54) is 36.3 Å². The van der Waals surface area contributed by atoms with Crippen molar-refractivity contribution >= 4 is 28.8 Å². The van der Waals surface area contributed by atoms with Crippen molar-refractivity contribution in [1.82, 2.24) is 4.90 Å². The normalized spacial score (nSPS) is 16.3. The number of hydrogen-bond acceptors (Lipinski definition) is 6. The maximum Gasteiger partial charge on any atom is 0.278 e. The quantitative estimate of drug-likeness (QED) is 0.415. The number of non-ortho nitro benzene ring substituents is 1. The Morgan fingerprint density at radius 3 is 2.50 bits per heavy atom. The SMILES string of the molecule is COCCN1C(=O)C(c2ccc([N+](=O)[O-])cc2)=C(N2CCCc3ccccc32)C1=O. The van der Waals surface area contributed by atoms with Gasteiger partial charge in [-0.05, 0) is 42.2 Å². The van der Waals surface area contributed by atoms with Gasteiger partial charge < -0.3 is 9.64 Å². The minimum atomic E-state index is -0.494. The molecular weight excluding hydrogens is 386 g/mol. The Balaban J connectivity index is 1.84. The third-order valence-electron chi connectivity index (χ3n) is 5.41. The van der Waals surface area contributed by atoms with Crippen LogP contribution in [-0.2, 0) is 20.7 Å². The van der Waals surface area contributed by atoms with E-state index in [9.17, 15) is 19.7 Å². The first-order valence-corrected chi connectivity index (χ1v) is 9.72. The highest BCUT2D eigenvalue weighted by molar-refractivity contribution is 6.36. The van der Waals surface area contributed by atoms with Crippen LogP contribution in [0.2, 0.25) is 0 Å². The Morgan fingerprint density at radius 2 is 1.80 bits per heavy atom. The van der Waals surface area contributed by atoms with Crippen molar-refractivity contribution in [2.24, 2.45) is 0 Å². The summed E-state index contributed by atoms with van der Waals surface area (Å²) in [4.78, 5) is 40.2. The molecule has 0 aromatic heterocycles. The van der Waals surface area contributed by atoms with Crippen LogP contribution in [0.15, 0.2) is 54.2 Å². The van der Waals surface area contributed by atoms with Gasteiger partial charge in [-0.15, -0.1) is 0 Å². The first-order chi connectivity index (χ1) is 14.5. The number of fused-ring (bicyclic) bond motifs is 1. The molecule has 4 rings (SSSR count). The summed E-state index contributed by atoms with van der Waals surface area (Å²) in [7, 11) is 1.51. The van der Waals surface area contributed by atoms with Gasteiger partial charge in [-0.1, -0.05) is 18.2 Å². The molecule has 0 N–H and O–H groups in total. The van der Waals surface area contributed by atoms with E-state index in [0.717, 1.165) is 24.1 Å². The molecule has 0 radical (unpaired) electrons. The number of amides is 2. The van der Waals surface area contributed by atoms with Crippen molar-refractivity contribution in [1.29, 1.82) is 0 Å². The molecule has 2 heterocycles. The number of anilines is 1. The minimum absolute atomic E-state index is 0.0720. The Morgan fingerprint density at radius 1 is 1.07 bits per heavy atom. The smallest absolute Gasteiger partial charge is 0.278 e. The van der Waals surface area contributed by atoms with E-state index in [0.29, 0.717) is 17.8 Å². The van der Waals surface area contributed by atoms with Crippen molar-refractivity contribution in [2.75, 3.05) is 31.7 Å². The zero-order valence-electron chi connectivity index (χ0n) is 16.5. The molecule has 0 spiro atoms. The second kappa shape index (κ2) is 8.08. The number of rotatable bonds is 6. The predicted octanol–water partition coefficient (Wildman–Crippen LogP) is 2.77. The average molecular weight is 407 g/mol. The molecule has 8 heteroatoms. The molecule has 2 aliphatic rings. The number of methoxy groups -OCH3 is 1. The number of aryl methyl sites for hydroxylation is 1. The number of carbonyl (C=O) groups is 2. The maximum absolute atomic E-state index is 13.3. The lowest BCUT2D eigenvalue weighted by atomic mass is 9.98. The van der Waals surface area contributed by atoms with E-state index in [2.05, 4.69) is 0 Å². The third-order valence-corrected chi connectivity index (χ3v) is 5.41. The number of ether oxygens (including phenoxy) is 1. The Hall–Kier alpha value is -3.52. The van der Waals surface area contributed by atoms with E-state index in [1.807, 2.05) is 29.2 Å². The van der Waals surface area contributed by atoms with Crippen LogP contribution < -0.4 is 4.90 Å². The van der Waals surface area contributed by atoms with Crippen LogP contribution in [0, 0.1) is 10.1 Å². The average Bonchev–Trinajstić information content (AvgIpc) is 3.01. The van der Waals surface area contributed by atoms with Crippen LogP contribution in [0.1, 0.15) is 17.5 Å². The second-order valence-corrected chi connectivity index (χ2v) is 7.17. The van der Waals surface area contributed by atoms with E-state index >= 15 is 0 Å². The van der Waals surface area contributed by atoms with E-state index in [4.69, 9.17) is 4.74 Å². The van der Waals surface area contributed by atoms with Gasteiger partial charge in [0.2, 0.25) is 0 Å². The van der Waals surface area contributed by atoms with Crippen LogP contribution >= 0.6 is 0 Å². The zero-order chi connectivity index (χ0) is 21.3. The van der Waals surface area contributed by atoms with Crippen molar-refractivity contribution in [2.45, 2.75) is 12.8 Å². The zero-order valence-corrected chi connectivity index (χ0v) is 16.5. The number of hydrogen-bond donors (Lipinski definition) is 0. The van der Waals surface area contributed by atoms with Crippen molar-refractivity contribution in [3.63, 3.8) is 0 Å². The third kappa shape index (κ3) is 3.35. The molecule has 154 valence electrons. The summed E-state index contributed by atoms with van der Waals surface area (Å²) in [5.74, 6) is -0.786. The van der Waals surface area contributed by atoms with Crippen LogP contribution in [0.4, 0.5) is 11.4 Å². The Bertz CT molecular complexity index is 1040. The first kappa shape index (κ1) is 19.8. The lowest BCUT2D eigenvalue weighted by molar-refractivity contribution is -0.384. The summed E-state index contributed by atoms with van der Waals surface area (Å²) < 4.78 is 5.07. The van der Waals surface area contributed by atoms with E-state index < -0.39 is 10.8 Å². The fourth-order valence-corrected chi connectivity index (χ4v) is 3.98. The maximum atomic E-state index is 13.3. The summed E-state index contributed by atoms with van der Waals surface area (Å²) in [6, 6.07) is 13.6. The molecule has 0 unspecified atom stereocenters. The number of carbonyl (C=O) groups excluding carboxylic acids is 2. The van der Waals surface area contributed by atoms with Crippen LogP contribution in [0.25, 0.3) is 5.57 Å². The molecule has 2 aromatic carbocycles. The summed E-state index contributed by atoms with van der Waals surface area (Å²) in [6.45, 7) is 0.985. The van der Waals surface area contributed by atoms with Crippen molar-refractivity contribution in [3.05, 3.63) is 75.5 Å². The molecule has 0 saturated heterocycles. The molecule has 2 aliphatic heterocycles. The van der Waals surface area contributed by atoms with Crippen molar-refractivity contribution in [3.8, 4) is 0 Å². The van der Waals surface area contributed by atoms with Crippen LogP contribution in [0.5, 0.6) is 0 Å². The summed E-state index contributed by atoms with van der Waals surface area (Å²) in [5.41, 5.74) is 3.02. The van der Waals surface area contributed by atoms with Gasteiger partial charge in [-0.2, -0.15) is 0 Å². The second-order valence-electron chi connectivity index (χ2n) is 7.17. The monoisotopic (exact) mass is 407 g/mol. The summed E-state index contributed by atoms with van der Waals surface area (Å²) in [6.07, 6.45) is 1.76. The molecular formula is C22H21N3O5. The molecule has 8 nitrogen and oxygen atoms in total. The lowest BCUT2D eigenvalue weighted by Crippen LogP contribution is -2.38. The highest BCUT2D eigenvalue weighted by Crippen LogP contribution is 2.38. The predicted molar refractivity (Wildman–Crippen MR) is 111 cm³/mol. The van der Waals surface area contributed by atoms with Gasteiger partial charge in [0.15, 0.2) is 0 Å². The molecule has 2 aromatic rings. The highest BCUT2D eigenvalue weighted by atomic mass is 16.6. The van der Waals surface area contributed by atoms with E-state index in [-0.39, 0.29) is 30.3 Å². The minimum Gasteiger partial charge on any atom is -0.383 e. The fraction of sp³-hybridized carbons (Fsp3) is 0.273. The molecule has 0 fully saturated rings.